The first-order valence-electron chi connectivity index (χ1n) is 1.72. The van der Waals surface area contributed by atoms with E-state index in [9.17, 15) is 0 Å². The topological polar surface area (TPSA) is 20.2 Å². The highest BCUT2D eigenvalue weighted by Gasteiger charge is 1.74. The van der Waals surface area contributed by atoms with Crippen LogP contribution in [0.3, 0.4) is 0 Å². The van der Waals surface area contributed by atoms with Crippen molar-refractivity contribution in [2.75, 3.05) is 0 Å². The first-order valence-corrected chi connectivity index (χ1v) is 3.15. The van der Waals surface area contributed by atoms with Crippen molar-refractivity contribution in [2.24, 2.45) is 0 Å². The first-order chi connectivity index (χ1) is 2.89. The zero-order valence-electron chi connectivity index (χ0n) is 3.20. The molecule has 1 heterocycles. The van der Waals surface area contributed by atoms with Crippen molar-refractivity contribution in [3.05, 3.63) is 23.7 Å². The molecule has 0 spiro atoms. The van der Waals surface area contributed by atoms with Gasteiger partial charge in [-0.15, -0.1) is 0 Å². The molecule has 0 aliphatic carbocycles. The highest BCUT2D eigenvalue weighted by atomic mass is 31.1. The fourth-order valence-corrected chi connectivity index (χ4v) is 0.976. The summed E-state index contributed by atoms with van der Waals surface area (Å²) < 4.78 is 0. The molecule has 0 aliphatic rings. The Morgan fingerprint density at radius 2 is 1.67 bits per heavy atom. The van der Waals surface area contributed by atoms with Gasteiger partial charge in [0.15, 0.2) is 0 Å². The van der Waals surface area contributed by atoms with E-state index in [1.165, 1.54) is 0 Å². The lowest BCUT2D eigenvalue weighted by Gasteiger charge is -1.69. The van der Waals surface area contributed by atoms with Crippen LogP contribution in [0.25, 0.3) is 0 Å². The predicted molar refractivity (Wildman–Crippen MR) is 26.8 cm³/mol. The molecule has 1 N–H and O–H groups in total. The van der Waals surface area contributed by atoms with Gasteiger partial charge in [0.2, 0.25) is 0 Å². The van der Waals surface area contributed by atoms with Crippen LogP contribution in [0.1, 0.15) is 0 Å². The Balaban J connectivity index is 3.05. The minimum Gasteiger partial charge on any atom is -0.347 e. The van der Waals surface area contributed by atoms with Crippen LogP contribution >= 0.6 is 7.76 Å². The molecule has 1 aromatic rings. The molecular formula is C4H5OP. The number of hydrogen-bond donors (Lipinski definition) is 1. The van der Waals surface area contributed by atoms with E-state index in [-0.39, 0.29) is 0 Å². The van der Waals surface area contributed by atoms with Crippen molar-refractivity contribution in [2.45, 2.75) is 0 Å². The standard InChI is InChI=1S/C4H5OP/c5-6-3-1-2-4-6/h1-5H. The summed E-state index contributed by atoms with van der Waals surface area (Å²) in [6, 6.07) is 3.71. The monoisotopic (exact) mass is 100 g/mol. The smallest absolute Gasteiger partial charge is 0.00531 e. The van der Waals surface area contributed by atoms with Gasteiger partial charge in [-0.25, -0.2) is 0 Å². The van der Waals surface area contributed by atoms with E-state index in [0.717, 1.165) is 0 Å². The largest absolute Gasteiger partial charge is 0.347 e. The highest BCUT2D eigenvalue weighted by Crippen LogP contribution is 2.18. The molecule has 1 rings (SSSR count). The van der Waals surface area contributed by atoms with Crippen LogP contribution in [0.2, 0.25) is 0 Å². The lowest BCUT2D eigenvalue weighted by molar-refractivity contribution is 0.650. The Labute approximate surface area is 37.4 Å². The summed E-state index contributed by atoms with van der Waals surface area (Å²) >= 11 is 0. The maximum Gasteiger partial charge on any atom is 0.00531 e. The second-order valence-corrected chi connectivity index (χ2v) is 2.42. The summed E-state index contributed by atoms with van der Waals surface area (Å²) in [5, 5.41) is 0. The molecular weight excluding hydrogens is 95.0 g/mol. The van der Waals surface area contributed by atoms with Gasteiger partial charge in [0.1, 0.15) is 0 Å². The molecule has 0 aromatic carbocycles. The van der Waals surface area contributed by atoms with E-state index >= 15 is 0 Å². The van der Waals surface area contributed by atoms with E-state index < -0.39 is 7.76 Å². The van der Waals surface area contributed by atoms with Gasteiger partial charge < -0.3 is 4.89 Å². The van der Waals surface area contributed by atoms with Gasteiger partial charge in [0.05, 0.1) is 0 Å². The van der Waals surface area contributed by atoms with Crippen LogP contribution in [0, 0.1) is 0 Å². The van der Waals surface area contributed by atoms with Gasteiger partial charge in [-0.05, 0) is 11.6 Å². The van der Waals surface area contributed by atoms with Crippen LogP contribution in [0.4, 0.5) is 0 Å². The molecule has 0 unspecified atom stereocenters. The van der Waals surface area contributed by atoms with Crippen molar-refractivity contribution in [1.82, 2.24) is 0 Å². The zero-order chi connectivity index (χ0) is 4.41. The van der Waals surface area contributed by atoms with Crippen molar-refractivity contribution in [3.8, 4) is 0 Å². The Kier molecular flexibility index (Phi) is 0.952. The Bertz CT molecular complexity index is 111. The SMILES string of the molecule is Op1cccc1. The second kappa shape index (κ2) is 1.46. The molecule has 1 aromatic heterocycles. The summed E-state index contributed by atoms with van der Waals surface area (Å²) in [7, 11) is -0.826. The summed E-state index contributed by atoms with van der Waals surface area (Å²) in [5.74, 6) is 3.57. The number of rotatable bonds is 0. The predicted octanol–water partition coefficient (Wildman–Crippen LogP) is 1.43. The van der Waals surface area contributed by atoms with Crippen molar-refractivity contribution in [1.29, 1.82) is 0 Å². The summed E-state index contributed by atoms with van der Waals surface area (Å²) in [5.41, 5.74) is 0. The minimum absolute atomic E-state index is 0.826. The van der Waals surface area contributed by atoms with Crippen LogP contribution in [0.5, 0.6) is 0 Å². The Hall–Kier alpha value is -0.260. The van der Waals surface area contributed by atoms with Crippen molar-refractivity contribution >= 4 is 7.76 Å². The lowest BCUT2D eigenvalue weighted by atomic mass is 10.7. The summed E-state index contributed by atoms with van der Waals surface area (Å²) in [6.45, 7) is 0. The van der Waals surface area contributed by atoms with E-state index in [0.29, 0.717) is 0 Å². The third-order valence-corrected chi connectivity index (χ3v) is 1.54. The third-order valence-electron chi connectivity index (χ3n) is 0.589. The molecule has 0 saturated carbocycles. The molecule has 0 saturated heterocycles. The highest BCUT2D eigenvalue weighted by molar-refractivity contribution is 7.42. The van der Waals surface area contributed by atoms with Crippen LogP contribution in [0.15, 0.2) is 23.7 Å². The second-order valence-electron chi connectivity index (χ2n) is 1.06. The van der Waals surface area contributed by atoms with Crippen molar-refractivity contribution in [3.63, 3.8) is 0 Å². The van der Waals surface area contributed by atoms with Crippen LogP contribution in [-0.2, 0) is 0 Å². The fourth-order valence-electron chi connectivity index (χ4n) is 0.325. The molecule has 1 nitrogen and oxygen atoms in total. The number of hydrogen-bond acceptors (Lipinski definition) is 1. The van der Waals surface area contributed by atoms with Gasteiger partial charge in [-0.1, -0.05) is 12.1 Å². The maximum absolute atomic E-state index is 8.62. The maximum atomic E-state index is 8.62. The first kappa shape index (κ1) is 3.91. The average Bonchev–Trinajstić information content (AvgIpc) is 1.86. The average molecular weight is 100 g/mol. The van der Waals surface area contributed by atoms with E-state index in [1.54, 1.807) is 11.6 Å². The van der Waals surface area contributed by atoms with E-state index in [4.69, 9.17) is 4.89 Å². The Morgan fingerprint density at radius 1 is 1.17 bits per heavy atom. The van der Waals surface area contributed by atoms with E-state index in [1.807, 2.05) is 12.1 Å². The fraction of sp³-hybridized carbons (Fsp3) is 0. The summed E-state index contributed by atoms with van der Waals surface area (Å²) in [4.78, 5) is 8.62. The third kappa shape index (κ3) is 0.618. The van der Waals surface area contributed by atoms with Gasteiger partial charge >= 0.3 is 0 Å². The van der Waals surface area contributed by atoms with Gasteiger partial charge in [-0.2, -0.15) is 0 Å². The molecule has 0 fully saturated rings. The van der Waals surface area contributed by atoms with Gasteiger partial charge in [-0.3, -0.25) is 0 Å². The quantitative estimate of drug-likeness (QED) is 0.522. The molecule has 0 bridgehead atoms. The lowest BCUT2D eigenvalue weighted by Crippen LogP contribution is -1.29. The molecule has 0 atom stereocenters. The normalized spacial score (nSPS) is 8.83. The molecule has 0 aliphatic heterocycles. The Morgan fingerprint density at radius 3 is 1.83 bits per heavy atom. The van der Waals surface area contributed by atoms with E-state index in [2.05, 4.69) is 0 Å². The van der Waals surface area contributed by atoms with Crippen LogP contribution in [-0.4, -0.2) is 4.89 Å². The van der Waals surface area contributed by atoms with Gasteiger partial charge in [0, 0.05) is 7.76 Å². The van der Waals surface area contributed by atoms with Crippen molar-refractivity contribution < 1.29 is 4.89 Å². The summed E-state index contributed by atoms with van der Waals surface area (Å²) in [6.07, 6.45) is 0. The molecule has 0 radical (unpaired) electrons. The molecule has 32 valence electrons. The molecule has 6 heavy (non-hydrogen) atoms. The van der Waals surface area contributed by atoms with Gasteiger partial charge in [0.25, 0.3) is 0 Å². The molecule has 0 amide bonds. The van der Waals surface area contributed by atoms with Crippen LogP contribution < -0.4 is 0 Å². The zero-order valence-corrected chi connectivity index (χ0v) is 4.10. The minimum atomic E-state index is -0.826. The molecule has 2 heteroatoms.